The van der Waals surface area contributed by atoms with E-state index < -0.39 is 0 Å². The summed E-state index contributed by atoms with van der Waals surface area (Å²) in [5.41, 5.74) is 1.24. The predicted octanol–water partition coefficient (Wildman–Crippen LogP) is 3.12. The maximum Gasteiger partial charge on any atom is 0.155 e. The molecule has 0 N–H and O–H groups in total. The van der Waals surface area contributed by atoms with Crippen molar-refractivity contribution >= 4 is 17.3 Å². The molecule has 3 heteroatoms. The lowest BCUT2D eigenvalue weighted by molar-refractivity contribution is -0.140. The third-order valence-corrected chi connectivity index (χ3v) is 6.88. The van der Waals surface area contributed by atoms with Gasteiger partial charge in [-0.3, -0.25) is 14.4 Å². The van der Waals surface area contributed by atoms with Gasteiger partial charge in [-0.1, -0.05) is 18.9 Å². The number of hydrogen-bond donors (Lipinski definition) is 0. The lowest BCUT2D eigenvalue weighted by Gasteiger charge is -2.49. The van der Waals surface area contributed by atoms with E-state index in [0.29, 0.717) is 48.6 Å². The van der Waals surface area contributed by atoms with E-state index in [-0.39, 0.29) is 23.5 Å². The molecule has 0 aromatic carbocycles. The molecule has 0 heterocycles. The largest absolute Gasteiger partial charge is 0.299 e. The molecule has 4 aliphatic carbocycles. The molecule has 0 amide bonds. The average Bonchev–Trinajstić information content (AvgIpc) is 2.87. The number of carbonyl (C=O) groups is 3. The van der Waals surface area contributed by atoms with Crippen LogP contribution in [-0.2, 0) is 14.4 Å². The summed E-state index contributed by atoms with van der Waals surface area (Å²) in [5, 5.41) is 0. The summed E-state index contributed by atoms with van der Waals surface area (Å²) in [7, 11) is 0. The van der Waals surface area contributed by atoms with E-state index in [1.165, 1.54) is 5.57 Å². The maximum absolute atomic E-state index is 12.9. The van der Waals surface area contributed by atoms with Gasteiger partial charge in [-0.2, -0.15) is 0 Å². The number of Topliss-reactive ketones (excluding diaryl/α,β-unsaturated/α-hetero) is 2. The monoisotopic (exact) mass is 300 g/mol. The summed E-state index contributed by atoms with van der Waals surface area (Å²) in [4.78, 5) is 36.9. The van der Waals surface area contributed by atoms with Crippen LogP contribution < -0.4 is 0 Å². The van der Waals surface area contributed by atoms with Crippen LogP contribution >= 0.6 is 0 Å². The van der Waals surface area contributed by atoms with E-state index in [1.54, 1.807) is 0 Å². The minimum absolute atomic E-state index is 0.0181. The molecule has 0 radical (unpaired) electrons. The van der Waals surface area contributed by atoms with Gasteiger partial charge < -0.3 is 0 Å². The maximum atomic E-state index is 12.9. The van der Waals surface area contributed by atoms with Crippen molar-refractivity contribution < 1.29 is 14.4 Å². The van der Waals surface area contributed by atoms with Crippen LogP contribution in [0.15, 0.2) is 11.6 Å². The van der Waals surface area contributed by atoms with Gasteiger partial charge in [0, 0.05) is 31.1 Å². The minimum Gasteiger partial charge on any atom is -0.299 e. The zero-order valence-electron chi connectivity index (χ0n) is 13.2. The Labute approximate surface area is 131 Å². The highest BCUT2D eigenvalue weighted by atomic mass is 16.1. The van der Waals surface area contributed by atoms with Crippen LogP contribution in [0.1, 0.15) is 51.9 Å². The van der Waals surface area contributed by atoms with Gasteiger partial charge in [-0.15, -0.1) is 0 Å². The van der Waals surface area contributed by atoms with Gasteiger partial charge in [-0.25, -0.2) is 0 Å². The lowest BCUT2D eigenvalue weighted by Crippen LogP contribution is -2.49. The number of fused-ring (bicyclic) bond motifs is 5. The van der Waals surface area contributed by atoms with E-state index in [2.05, 4.69) is 6.92 Å². The molecule has 6 atom stereocenters. The van der Waals surface area contributed by atoms with Gasteiger partial charge in [0.25, 0.3) is 0 Å². The second kappa shape index (κ2) is 5.14. The van der Waals surface area contributed by atoms with Crippen LogP contribution in [0.2, 0.25) is 0 Å². The summed E-state index contributed by atoms with van der Waals surface area (Å²) >= 11 is 0. The molecule has 0 bridgehead atoms. The molecule has 3 saturated carbocycles. The van der Waals surface area contributed by atoms with E-state index in [4.69, 9.17) is 0 Å². The van der Waals surface area contributed by atoms with Gasteiger partial charge in [0.15, 0.2) is 5.78 Å². The summed E-state index contributed by atoms with van der Waals surface area (Å²) in [6, 6.07) is 0. The van der Waals surface area contributed by atoms with Gasteiger partial charge in [-0.05, 0) is 49.0 Å². The molecule has 0 aromatic rings. The second-order valence-electron chi connectivity index (χ2n) is 7.76. The van der Waals surface area contributed by atoms with E-state index >= 15 is 0 Å². The summed E-state index contributed by atoms with van der Waals surface area (Å²) in [6.45, 7) is 2.14. The third-order valence-electron chi connectivity index (χ3n) is 6.88. The SMILES string of the molecule is CCC1CC(=O)C=C2CC[C@H]3[C@@H]4CCC(=O)[C@H]4CC(=O)[C@@H]3[C@H]21. The molecule has 0 spiro atoms. The first kappa shape index (κ1) is 14.3. The Morgan fingerprint density at radius 1 is 0.955 bits per heavy atom. The Morgan fingerprint density at radius 3 is 2.50 bits per heavy atom. The van der Waals surface area contributed by atoms with Crippen LogP contribution in [-0.4, -0.2) is 17.3 Å². The highest BCUT2D eigenvalue weighted by Gasteiger charge is 2.55. The summed E-state index contributed by atoms with van der Waals surface area (Å²) < 4.78 is 0. The van der Waals surface area contributed by atoms with Crippen molar-refractivity contribution in [2.75, 3.05) is 0 Å². The van der Waals surface area contributed by atoms with Gasteiger partial charge >= 0.3 is 0 Å². The van der Waals surface area contributed by atoms with Crippen molar-refractivity contribution in [1.29, 1.82) is 0 Å². The van der Waals surface area contributed by atoms with E-state index in [1.807, 2.05) is 6.08 Å². The predicted molar refractivity (Wildman–Crippen MR) is 82.0 cm³/mol. The van der Waals surface area contributed by atoms with Crippen molar-refractivity contribution in [3.05, 3.63) is 11.6 Å². The Morgan fingerprint density at radius 2 is 1.73 bits per heavy atom. The average molecular weight is 300 g/mol. The zero-order chi connectivity index (χ0) is 15.4. The Hall–Kier alpha value is -1.25. The zero-order valence-corrected chi connectivity index (χ0v) is 13.2. The number of allylic oxidation sites excluding steroid dienone is 1. The molecule has 3 fully saturated rings. The quantitative estimate of drug-likeness (QED) is 0.747. The van der Waals surface area contributed by atoms with Gasteiger partial charge in [0.1, 0.15) is 11.6 Å². The molecule has 22 heavy (non-hydrogen) atoms. The van der Waals surface area contributed by atoms with Gasteiger partial charge in [0.05, 0.1) is 0 Å². The number of carbonyl (C=O) groups excluding carboxylic acids is 3. The lowest BCUT2D eigenvalue weighted by atomic mass is 9.53. The Kier molecular flexibility index (Phi) is 3.35. The highest BCUT2D eigenvalue weighted by molar-refractivity contribution is 5.94. The van der Waals surface area contributed by atoms with E-state index in [0.717, 1.165) is 25.7 Å². The minimum atomic E-state index is 0.0181. The molecular formula is C19H24O3. The fourth-order valence-electron chi connectivity index (χ4n) is 5.97. The van der Waals surface area contributed by atoms with Crippen LogP contribution in [0.5, 0.6) is 0 Å². The standard InChI is InChI=1S/C19H24O3/c1-2-10-7-12(20)8-11-3-4-14-13-5-6-16(21)15(13)9-17(22)19(14)18(10)11/h8,10,13-15,18-19H,2-7,9H2,1H3/t10?,13-,14-,15-,18-,19+/m0/s1. The van der Waals surface area contributed by atoms with Crippen molar-refractivity contribution in [2.24, 2.45) is 35.5 Å². The molecular weight excluding hydrogens is 276 g/mol. The van der Waals surface area contributed by atoms with Crippen molar-refractivity contribution in [3.63, 3.8) is 0 Å². The number of hydrogen-bond acceptors (Lipinski definition) is 3. The smallest absolute Gasteiger partial charge is 0.155 e. The van der Waals surface area contributed by atoms with Crippen molar-refractivity contribution in [2.45, 2.75) is 51.9 Å². The number of ketones is 3. The normalized spacial score (nSPS) is 44.2. The van der Waals surface area contributed by atoms with Crippen LogP contribution in [0, 0.1) is 35.5 Å². The van der Waals surface area contributed by atoms with Crippen LogP contribution in [0.25, 0.3) is 0 Å². The number of rotatable bonds is 1. The first-order valence-electron chi connectivity index (χ1n) is 8.88. The molecule has 0 aromatic heterocycles. The molecule has 4 aliphatic rings. The molecule has 0 saturated heterocycles. The molecule has 4 rings (SSSR count). The Balaban J connectivity index is 1.71. The van der Waals surface area contributed by atoms with Crippen LogP contribution in [0.3, 0.4) is 0 Å². The first-order valence-corrected chi connectivity index (χ1v) is 8.88. The molecule has 3 nitrogen and oxygen atoms in total. The fourth-order valence-corrected chi connectivity index (χ4v) is 5.97. The second-order valence-corrected chi connectivity index (χ2v) is 7.76. The summed E-state index contributed by atoms with van der Waals surface area (Å²) in [6.07, 6.45) is 7.50. The Bertz CT molecular complexity index is 573. The molecule has 118 valence electrons. The van der Waals surface area contributed by atoms with E-state index in [9.17, 15) is 14.4 Å². The van der Waals surface area contributed by atoms with Crippen molar-refractivity contribution in [3.8, 4) is 0 Å². The van der Waals surface area contributed by atoms with Gasteiger partial charge in [0.2, 0.25) is 0 Å². The van der Waals surface area contributed by atoms with Crippen LogP contribution in [0.4, 0.5) is 0 Å². The topological polar surface area (TPSA) is 51.2 Å². The molecule has 1 unspecified atom stereocenters. The first-order chi connectivity index (χ1) is 10.6. The third kappa shape index (κ3) is 1.97. The fraction of sp³-hybridized carbons (Fsp3) is 0.737. The molecule has 0 aliphatic heterocycles. The highest BCUT2D eigenvalue weighted by Crippen LogP contribution is 2.56. The van der Waals surface area contributed by atoms with Crippen molar-refractivity contribution in [1.82, 2.24) is 0 Å². The summed E-state index contributed by atoms with van der Waals surface area (Å²) in [5.74, 6) is 2.43.